The van der Waals surface area contributed by atoms with E-state index < -0.39 is 12.1 Å². The van der Waals surface area contributed by atoms with Crippen LogP contribution < -0.4 is 0 Å². The number of carbonyl (C=O) groups excluding carboxylic acids is 1. The maximum absolute atomic E-state index is 11.1. The number of aliphatic hydroxyl groups excluding tert-OH is 1. The second-order valence-corrected chi connectivity index (χ2v) is 3.37. The van der Waals surface area contributed by atoms with Gasteiger partial charge in [0.25, 0.3) is 0 Å². The van der Waals surface area contributed by atoms with E-state index in [-0.39, 0.29) is 11.9 Å². The Bertz CT molecular complexity index is 263. The van der Waals surface area contributed by atoms with Crippen molar-refractivity contribution in [1.82, 2.24) is 0 Å². The van der Waals surface area contributed by atoms with Crippen LogP contribution in [-0.4, -0.2) is 30.3 Å². The normalized spacial score (nSPS) is 31.7. The van der Waals surface area contributed by atoms with Crippen molar-refractivity contribution in [3.05, 3.63) is 10.4 Å². The molecule has 0 amide bonds. The first-order valence-corrected chi connectivity index (χ1v) is 4.49. The monoisotopic (exact) mass is 199 g/mol. The summed E-state index contributed by atoms with van der Waals surface area (Å²) in [4.78, 5) is 13.8. The Kier molecular flexibility index (Phi) is 3.73. The predicted octanol–water partition coefficient (Wildman–Crippen LogP) is 0.999. The Morgan fingerprint density at radius 1 is 1.64 bits per heavy atom. The minimum atomic E-state index is -0.733. The number of nitrogens with zero attached hydrogens (tertiary/aromatic N) is 3. The Morgan fingerprint density at radius 3 is 2.86 bits per heavy atom. The standard InChI is InChI=1S/C8H13N3O3/c1-14-8(13)5-2-3-6(10-11-9)7(12)4-5/h5-7,12H,2-4H2,1H3/t5-,6-,7+/m1/s1. The molecule has 1 saturated carbocycles. The zero-order valence-corrected chi connectivity index (χ0v) is 7.96. The van der Waals surface area contributed by atoms with Crippen LogP contribution in [0.3, 0.4) is 0 Å². The van der Waals surface area contributed by atoms with Crippen molar-refractivity contribution >= 4 is 5.97 Å². The van der Waals surface area contributed by atoms with Crippen molar-refractivity contribution in [3.8, 4) is 0 Å². The van der Waals surface area contributed by atoms with Crippen LogP contribution in [0.2, 0.25) is 0 Å². The fourth-order valence-corrected chi connectivity index (χ4v) is 1.71. The van der Waals surface area contributed by atoms with Crippen molar-refractivity contribution < 1.29 is 14.6 Å². The predicted molar refractivity (Wildman–Crippen MR) is 48.3 cm³/mol. The van der Waals surface area contributed by atoms with E-state index in [1.807, 2.05) is 0 Å². The first-order valence-electron chi connectivity index (χ1n) is 4.49. The molecule has 0 heterocycles. The summed E-state index contributed by atoms with van der Waals surface area (Å²) in [5.74, 6) is -0.566. The Balaban J connectivity index is 2.54. The van der Waals surface area contributed by atoms with Crippen molar-refractivity contribution in [2.75, 3.05) is 7.11 Å². The van der Waals surface area contributed by atoms with Gasteiger partial charge in [0, 0.05) is 4.91 Å². The highest BCUT2D eigenvalue weighted by atomic mass is 16.5. The zero-order chi connectivity index (χ0) is 10.6. The molecular weight excluding hydrogens is 186 g/mol. The molecule has 0 spiro atoms. The van der Waals surface area contributed by atoms with Crippen LogP contribution in [0.4, 0.5) is 0 Å². The van der Waals surface area contributed by atoms with E-state index in [0.29, 0.717) is 19.3 Å². The largest absolute Gasteiger partial charge is 0.469 e. The molecule has 0 aliphatic heterocycles. The maximum Gasteiger partial charge on any atom is 0.308 e. The second kappa shape index (κ2) is 4.83. The van der Waals surface area contributed by atoms with Crippen LogP contribution in [0.25, 0.3) is 10.4 Å². The highest BCUT2D eigenvalue weighted by molar-refractivity contribution is 5.72. The summed E-state index contributed by atoms with van der Waals surface area (Å²) in [5, 5.41) is 13.0. The third-order valence-electron chi connectivity index (χ3n) is 2.52. The number of aliphatic hydroxyl groups is 1. The van der Waals surface area contributed by atoms with Gasteiger partial charge in [-0.1, -0.05) is 5.11 Å². The zero-order valence-electron chi connectivity index (χ0n) is 7.96. The molecule has 1 aliphatic carbocycles. The molecule has 1 aliphatic rings. The molecule has 0 bridgehead atoms. The number of hydrogen-bond acceptors (Lipinski definition) is 4. The van der Waals surface area contributed by atoms with Gasteiger partial charge in [-0.3, -0.25) is 4.79 Å². The maximum atomic E-state index is 11.1. The number of hydrogen-bond donors (Lipinski definition) is 1. The van der Waals surface area contributed by atoms with E-state index in [4.69, 9.17) is 5.53 Å². The van der Waals surface area contributed by atoms with E-state index in [1.54, 1.807) is 0 Å². The Morgan fingerprint density at radius 2 is 2.36 bits per heavy atom. The average molecular weight is 199 g/mol. The van der Waals surface area contributed by atoms with E-state index in [0.717, 1.165) is 0 Å². The third kappa shape index (κ3) is 2.37. The number of azide groups is 1. The van der Waals surface area contributed by atoms with Crippen molar-refractivity contribution in [3.63, 3.8) is 0 Å². The summed E-state index contributed by atoms with van der Waals surface area (Å²) in [5.41, 5.74) is 8.21. The topological polar surface area (TPSA) is 95.3 Å². The van der Waals surface area contributed by atoms with Gasteiger partial charge in [-0.2, -0.15) is 0 Å². The molecule has 6 nitrogen and oxygen atoms in total. The summed E-state index contributed by atoms with van der Waals surface area (Å²) in [6.07, 6.45) is 0.721. The summed E-state index contributed by atoms with van der Waals surface area (Å²) in [6.45, 7) is 0. The van der Waals surface area contributed by atoms with Gasteiger partial charge < -0.3 is 9.84 Å². The molecule has 1 N–H and O–H groups in total. The van der Waals surface area contributed by atoms with E-state index in [1.165, 1.54) is 7.11 Å². The first-order chi connectivity index (χ1) is 6.69. The molecule has 14 heavy (non-hydrogen) atoms. The van der Waals surface area contributed by atoms with Crippen LogP contribution in [0.15, 0.2) is 5.11 Å². The molecule has 78 valence electrons. The van der Waals surface area contributed by atoms with E-state index >= 15 is 0 Å². The number of rotatable bonds is 2. The molecule has 0 saturated heterocycles. The SMILES string of the molecule is COC(=O)[C@@H]1CC[C@@H](N=[N+]=[N-])[C@@H](O)C1. The fourth-order valence-electron chi connectivity index (χ4n) is 1.71. The van der Waals surface area contributed by atoms with Crippen LogP contribution in [-0.2, 0) is 9.53 Å². The summed E-state index contributed by atoms with van der Waals surface area (Å²) in [6, 6.07) is -0.402. The van der Waals surface area contributed by atoms with Gasteiger partial charge in [-0.25, -0.2) is 0 Å². The molecule has 3 atom stereocenters. The molecule has 0 radical (unpaired) electrons. The second-order valence-electron chi connectivity index (χ2n) is 3.37. The van der Waals surface area contributed by atoms with Crippen molar-refractivity contribution in [2.45, 2.75) is 31.4 Å². The van der Waals surface area contributed by atoms with Gasteiger partial charge in [0.15, 0.2) is 0 Å². The molecule has 0 aromatic carbocycles. The number of esters is 1. The molecule has 0 aromatic rings. The van der Waals surface area contributed by atoms with Gasteiger partial charge in [-0.15, -0.1) is 0 Å². The van der Waals surface area contributed by atoms with Crippen LogP contribution in [0.5, 0.6) is 0 Å². The van der Waals surface area contributed by atoms with E-state index in [2.05, 4.69) is 14.8 Å². The summed E-state index contributed by atoms with van der Waals surface area (Å²) < 4.78 is 4.58. The van der Waals surface area contributed by atoms with Gasteiger partial charge >= 0.3 is 5.97 Å². The molecule has 0 unspecified atom stereocenters. The highest BCUT2D eigenvalue weighted by Crippen LogP contribution is 2.27. The lowest BCUT2D eigenvalue weighted by atomic mass is 9.84. The van der Waals surface area contributed by atoms with Gasteiger partial charge in [0.05, 0.1) is 25.2 Å². The lowest BCUT2D eigenvalue weighted by molar-refractivity contribution is -0.148. The first kappa shape index (κ1) is 10.8. The minimum Gasteiger partial charge on any atom is -0.469 e. The van der Waals surface area contributed by atoms with Crippen molar-refractivity contribution in [1.29, 1.82) is 0 Å². The van der Waals surface area contributed by atoms with Crippen LogP contribution in [0.1, 0.15) is 19.3 Å². The Labute approximate surface area is 81.5 Å². The van der Waals surface area contributed by atoms with Crippen LogP contribution >= 0.6 is 0 Å². The summed E-state index contributed by atoms with van der Waals surface area (Å²) in [7, 11) is 1.33. The number of ether oxygens (including phenoxy) is 1. The average Bonchev–Trinajstić information content (AvgIpc) is 2.20. The lowest BCUT2D eigenvalue weighted by Gasteiger charge is -2.28. The van der Waals surface area contributed by atoms with Crippen LogP contribution in [0, 0.1) is 5.92 Å². The quantitative estimate of drug-likeness (QED) is 0.311. The molecule has 1 rings (SSSR count). The van der Waals surface area contributed by atoms with Gasteiger partial charge in [0.1, 0.15) is 0 Å². The van der Waals surface area contributed by atoms with Gasteiger partial charge in [0.2, 0.25) is 0 Å². The van der Waals surface area contributed by atoms with Crippen molar-refractivity contribution in [2.24, 2.45) is 11.0 Å². The third-order valence-corrected chi connectivity index (χ3v) is 2.52. The summed E-state index contributed by atoms with van der Waals surface area (Å²) >= 11 is 0. The lowest BCUT2D eigenvalue weighted by Crippen LogP contribution is -2.35. The van der Waals surface area contributed by atoms with E-state index in [9.17, 15) is 9.90 Å². The Hall–Kier alpha value is -1.26. The molecular formula is C8H13N3O3. The highest BCUT2D eigenvalue weighted by Gasteiger charge is 2.32. The smallest absolute Gasteiger partial charge is 0.308 e. The van der Waals surface area contributed by atoms with Gasteiger partial charge in [-0.05, 0) is 24.8 Å². The number of carbonyl (C=O) groups is 1. The minimum absolute atomic E-state index is 0.264. The molecule has 6 heteroatoms. The fraction of sp³-hybridized carbons (Fsp3) is 0.875. The molecule has 1 fully saturated rings. The number of methoxy groups -OCH3 is 1. The molecule has 0 aromatic heterocycles.